The monoisotopic (exact) mass is 348 g/mol. The summed E-state index contributed by atoms with van der Waals surface area (Å²) in [4.78, 5) is 23.6. The fourth-order valence-electron chi connectivity index (χ4n) is 2.04. The largest absolute Gasteiger partial charge is 0.338 e. The molecule has 124 valence electrons. The maximum absolute atomic E-state index is 13.7. The van der Waals surface area contributed by atoms with Gasteiger partial charge in [0, 0.05) is 42.4 Å². The minimum Gasteiger partial charge on any atom is -0.338 e. The number of hydrogen-bond acceptors (Lipinski definition) is 3. The standard InChI is InChI=1S/C17H14ClFN2O3/c1-20(11-14-15(18)6-3-7-16(14)19)17(22)9-8-12-4-2-5-13(10-12)21(23)24/h2-10H,11H2,1H3/b9-8+. The van der Waals surface area contributed by atoms with Gasteiger partial charge in [0.05, 0.1) is 4.92 Å². The van der Waals surface area contributed by atoms with Crippen LogP contribution in [0.15, 0.2) is 48.5 Å². The van der Waals surface area contributed by atoms with Crippen LogP contribution in [0.2, 0.25) is 5.02 Å². The molecule has 0 unspecified atom stereocenters. The first kappa shape index (κ1) is 17.6. The lowest BCUT2D eigenvalue weighted by molar-refractivity contribution is -0.384. The Kier molecular flexibility index (Phi) is 5.65. The molecule has 0 aliphatic heterocycles. The van der Waals surface area contributed by atoms with Crippen molar-refractivity contribution in [3.05, 3.63) is 80.6 Å². The van der Waals surface area contributed by atoms with Gasteiger partial charge in [-0.2, -0.15) is 0 Å². The van der Waals surface area contributed by atoms with Crippen molar-refractivity contribution in [2.75, 3.05) is 7.05 Å². The number of hydrogen-bond donors (Lipinski definition) is 0. The Balaban J connectivity index is 2.09. The molecular weight excluding hydrogens is 335 g/mol. The van der Waals surface area contributed by atoms with Crippen LogP contribution in [0.25, 0.3) is 6.08 Å². The van der Waals surface area contributed by atoms with Crippen molar-refractivity contribution in [3.8, 4) is 0 Å². The number of carbonyl (C=O) groups is 1. The highest BCUT2D eigenvalue weighted by molar-refractivity contribution is 6.31. The second-order valence-electron chi connectivity index (χ2n) is 5.08. The Morgan fingerprint density at radius 3 is 2.71 bits per heavy atom. The molecule has 0 bridgehead atoms. The molecule has 0 saturated heterocycles. The highest BCUT2D eigenvalue weighted by Gasteiger charge is 2.12. The predicted octanol–water partition coefficient (Wildman–Crippen LogP) is 4.06. The molecule has 0 aliphatic rings. The van der Waals surface area contributed by atoms with E-state index in [9.17, 15) is 19.3 Å². The molecule has 7 heteroatoms. The van der Waals surface area contributed by atoms with Crippen LogP contribution in [0, 0.1) is 15.9 Å². The van der Waals surface area contributed by atoms with Gasteiger partial charge in [-0.05, 0) is 23.8 Å². The van der Waals surface area contributed by atoms with Gasteiger partial charge in [0.25, 0.3) is 5.69 Å². The molecule has 5 nitrogen and oxygen atoms in total. The third-order valence-electron chi connectivity index (χ3n) is 3.33. The van der Waals surface area contributed by atoms with Gasteiger partial charge in [-0.15, -0.1) is 0 Å². The topological polar surface area (TPSA) is 63.5 Å². The summed E-state index contributed by atoms with van der Waals surface area (Å²) >= 11 is 5.94. The first-order valence-corrected chi connectivity index (χ1v) is 7.37. The van der Waals surface area contributed by atoms with Crippen molar-refractivity contribution in [2.45, 2.75) is 6.54 Å². The van der Waals surface area contributed by atoms with E-state index in [1.165, 1.54) is 54.4 Å². The fraction of sp³-hybridized carbons (Fsp3) is 0.118. The van der Waals surface area contributed by atoms with Gasteiger partial charge in [-0.25, -0.2) is 4.39 Å². The van der Waals surface area contributed by atoms with Crippen LogP contribution in [0.4, 0.5) is 10.1 Å². The molecule has 0 aromatic heterocycles. The van der Waals surface area contributed by atoms with E-state index in [0.717, 1.165) is 0 Å². The van der Waals surface area contributed by atoms with Crippen LogP contribution in [0.1, 0.15) is 11.1 Å². The van der Waals surface area contributed by atoms with Crippen LogP contribution in [-0.4, -0.2) is 22.8 Å². The smallest absolute Gasteiger partial charge is 0.270 e. The molecule has 0 N–H and O–H groups in total. The van der Waals surface area contributed by atoms with Crippen molar-refractivity contribution >= 4 is 29.3 Å². The Bertz CT molecular complexity index is 788. The summed E-state index contributed by atoms with van der Waals surface area (Å²) in [6.45, 7) is 0.0175. The maximum Gasteiger partial charge on any atom is 0.270 e. The van der Waals surface area contributed by atoms with Crippen molar-refractivity contribution < 1.29 is 14.1 Å². The zero-order chi connectivity index (χ0) is 17.7. The molecule has 0 aliphatic carbocycles. The predicted molar refractivity (Wildman–Crippen MR) is 90.0 cm³/mol. The zero-order valence-electron chi connectivity index (χ0n) is 12.8. The Morgan fingerprint density at radius 1 is 1.33 bits per heavy atom. The zero-order valence-corrected chi connectivity index (χ0v) is 13.5. The van der Waals surface area contributed by atoms with Gasteiger partial charge in [0.1, 0.15) is 5.82 Å². The average molecular weight is 349 g/mol. The lowest BCUT2D eigenvalue weighted by Crippen LogP contribution is -2.24. The van der Waals surface area contributed by atoms with Gasteiger partial charge < -0.3 is 4.90 Å². The van der Waals surface area contributed by atoms with Gasteiger partial charge in [-0.1, -0.05) is 29.8 Å². The van der Waals surface area contributed by atoms with Gasteiger partial charge in [0.2, 0.25) is 5.91 Å². The SMILES string of the molecule is CN(Cc1c(F)cccc1Cl)C(=O)/C=C/c1cccc([N+](=O)[O-])c1. The second kappa shape index (κ2) is 7.70. The van der Waals surface area contributed by atoms with Crippen LogP contribution >= 0.6 is 11.6 Å². The Morgan fingerprint density at radius 2 is 2.04 bits per heavy atom. The average Bonchev–Trinajstić information content (AvgIpc) is 2.56. The van der Waals surface area contributed by atoms with E-state index in [1.54, 1.807) is 12.1 Å². The summed E-state index contributed by atoms with van der Waals surface area (Å²) in [5, 5.41) is 11.0. The van der Waals surface area contributed by atoms with E-state index in [2.05, 4.69) is 0 Å². The number of rotatable bonds is 5. The van der Waals surface area contributed by atoms with Gasteiger partial charge in [0.15, 0.2) is 0 Å². The fourth-order valence-corrected chi connectivity index (χ4v) is 2.26. The number of nitro benzene ring substituents is 1. The Labute approximate surface area is 143 Å². The van der Waals surface area contributed by atoms with Crippen LogP contribution in [0.5, 0.6) is 0 Å². The Hall–Kier alpha value is -2.73. The molecule has 2 aromatic carbocycles. The maximum atomic E-state index is 13.7. The lowest BCUT2D eigenvalue weighted by atomic mass is 10.1. The van der Waals surface area contributed by atoms with Crippen LogP contribution in [-0.2, 0) is 11.3 Å². The number of nitrogens with zero attached hydrogens (tertiary/aromatic N) is 2. The number of carbonyl (C=O) groups excluding carboxylic acids is 1. The number of likely N-dealkylation sites (N-methyl/N-ethyl adjacent to an activating group) is 1. The molecule has 0 heterocycles. The highest BCUT2D eigenvalue weighted by Crippen LogP contribution is 2.20. The van der Waals surface area contributed by atoms with E-state index in [0.29, 0.717) is 5.56 Å². The third kappa shape index (κ3) is 4.39. The first-order valence-electron chi connectivity index (χ1n) is 6.99. The second-order valence-corrected chi connectivity index (χ2v) is 5.49. The van der Waals surface area contributed by atoms with Crippen molar-refractivity contribution in [2.24, 2.45) is 0 Å². The van der Waals surface area contributed by atoms with E-state index in [-0.39, 0.29) is 28.7 Å². The van der Waals surface area contributed by atoms with E-state index in [4.69, 9.17) is 11.6 Å². The summed E-state index contributed by atoms with van der Waals surface area (Å²) in [7, 11) is 1.52. The summed E-state index contributed by atoms with van der Waals surface area (Å²) in [5.41, 5.74) is 0.699. The minimum atomic E-state index is -0.508. The molecule has 24 heavy (non-hydrogen) atoms. The number of nitro groups is 1. The highest BCUT2D eigenvalue weighted by atomic mass is 35.5. The molecular formula is C17H14ClFN2O3. The molecule has 0 atom stereocenters. The summed E-state index contributed by atoms with van der Waals surface area (Å²) < 4.78 is 13.7. The number of halogens is 2. The van der Waals surface area contributed by atoms with E-state index >= 15 is 0 Å². The molecule has 1 amide bonds. The molecule has 2 aromatic rings. The van der Waals surface area contributed by atoms with Crippen molar-refractivity contribution in [1.82, 2.24) is 4.90 Å². The third-order valence-corrected chi connectivity index (χ3v) is 3.69. The number of benzene rings is 2. The molecule has 0 saturated carbocycles. The van der Waals surface area contributed by atoms with Crippen LogP contribution < -0.4 is 0 Å². The van der Waals surface area contributed by atoms with E-state index < -0.39 is 10.7 Å². The summed E-state index contributed by atoms with van der Waals surface area (Å²) in [6.07, 6.45) is 2.74. The quantitative estimate of drug-likeness (QED) is 0.465. The minimum absolute atomic E-state index is 0.0175. The first-order chi connectivity index (χ1) is 11.4. The summed E-state index contributed by atoms with van der Waals surface area (Å²) in [6, 6.07) is 10.2. The molecule has 0 spiro atoms. The van der Waals surface area contributed by atoms with Crippen molar-refractivity contribution in [3.63, 3.8) is 0 Å². The van der Waals surface area contributed by atoms with Gasteiger partial charge in [-0.3, -0.25) is 14.9 Å². The molecule has 0 radical (unpaired) electrons. The normalized spacial score (nSPS) is 10.8. The number of amides is 1. The summed E-state index contributed by atoms with van der Waals surface area (Å²) in [5.74, 6) is -0.856. The lowest BCUT2D eigenvalue weighted by Gasteiger charge is -2.16. The molecule has 0 fully saturated rings. The van der Waals surface area contributed by atoms with Crippen LogP contribution in [0.3, 0.4) is 0 Å². The van der Waals surface area contributed by atoms with Gasteiger partial charge >= 0.3 is 0 Å². The molecule has 2 rings (SSSR count). The van der Waals surface area contributed by atoms with E-state index in [1.807, 2.05) is 0 Å². The number of non-ortho nitro benzene ring substituents is 1. The van der Waals surface area contributed by atoms with Crippen molar-refractivity contribution in [1.29, 1.82) is 0 Å².